The summed E-state index contributed by atoms with van der Waals surface area (Å²) >= 11 is 9.72. The molecule has 1 N–H and O–H groups in total. The first-order valence-electron chi connectivity index (χ1n) is 6.24. The first-order valence-corrected chi connectivity index (χ1v) is 7.42. The van der Waals surface area contributed by atoms with E-state index in [1.54, 1.807) is 19.5 Å². The van der Waals surface area contributed by atoms with Crippen LogP contribution < -0.4 is 10.1 Å². The van der Waals surface area contributed by atoms with E-state index in [1.807, 2.05) is 25.2 Å². The van der Waals surface area contributed by atoms with Crippen molar-refractivity contribution in [1.29, 1.82) is 0 Å². The van der Waals surface area contributed by atoms with E-state index in [1.165, 1.54) is 0 Å². The number of aromatic nitrogens is 1. The summed E-state index contributed by atoms with van der Waals surface area (Å²) < 4.78 is 6.45. The quantitative estimate of drug-likeness (QED) is 0.880. The molecule has 1 aromatic heterocycles. The maximum atomic E-state index is 6.23. The van der Waals surface area contributed by atoms with Crippen LogP contribution in [0.2, 0.25) is 5.02 Å². The van der Waals surface area contributed by atoms with Crippen LogP contribution in [0.3, 0.4) is 0 Å². The van der Waals surface area contributed by atoms with Gasteiger partial charge in [0.15, 0.2) is 0 Å². The van der Waals surface area contributed by atoms with E-state index in [-0.39, 0.29) is 6.04 Å². The molecule has 1 atom stereocenters. The standard InChI is InChI=1S/C15H16BrClN2O/c1-18-14(12-5-6-19-9-13(12)17)8-10-7-11(16)3-4-15(10)20-2/h3-7,9,14,18H,8H2,1-2H3. The van der Waals surface area contributed by atoms with E-state index < -0.39 is 0 Å². The second-order valence-corrected chi connectivity index (χ2v) is 5.72. The molecule has 0 amide bonds. The highest BCUT2D eigenvalue weighted by Gasteiger charge is 2.16. The second kappa shape index (κ2) is 7.07. The van der Waals surface area contributed by atoms with Gasteiger partial charge in [0, 0.05) is 22.9 Å². The molecule has 1 heterocycles. The molecule has 0 saturated heterocycles. The van der Waals surface area contributed by atoms with Gasteiger partial charge in [0.2, 0.25) is 0 Å². The Hall–Kier alpha value is -1.10. The normalized spacial score (nSPS) is 12.2. The zero-order valence-electron chi connectivity index (χ0n) is 11.4. The van der Waals surface area contributed by atoms with Gasteiger partial charge in [0.1, 0.15) is 5.75 Å². The molecule has 2 aromatic rings. The number of halogens is 2. The number of ether oxygens (including phenoxy) is 1. The zero-order valence-corrected chi connectivity index (χ0v) is 13.7. The van der Waals surface area contributed by atoms with Crippen LogP contribution in [0, 0.1) is 0 Å². The predicted molar refractivity (Wildman–Crippen MR) is 85.4 cm³/mol. The van der Waals surface area contributed by atoms with Crippen LogP contribution >= 0.6 is 27.5 Å². The van der Waals surface area contributed by atoms with Gasteiger partial charge in [-0.1, -0.05) is 27.5 Å². The number of benzene rings is 1. The van der Waals surface area contributed by atoms with Gasteiger partial charge in [0.05, 0.1) is 12.1 Å². The molecular formula is C15H16BrClN2O. The van der Waals surface area contributed by atoms with Crippen molar-refractivity contribution in [2.75, 3.05) is 14.2 Å². The number of nitrogens with one attached hydrogen (secondary N) is 1. The zero-order chi connectivity index (χ0) is 14.5. The molecule has 5 heteroatoms. The summed E-state index contributed by atoms with van der Waals surface area (Å²) in [6.07, 6.45) is 4.20. The van der Waals surface area contributed by atoms with Gasteiger partial charge in [-0.3, -0.25) is 4.98 Å². The van der Waals surface area contributed by atoms with Crippen LogP contribution in [0.15, 0.2) is 41.1 Å². The molecule has 1 aromatic carbocycles. The van der Waals surface area contributed by atoms with E-state index in [0.29, 0.717) is 5.02 Å². The molecule has 0 aliphatic heterocycles. The van der Waals surface area contributed by atoms with Crippen molar-refractivity contribution in [3.05, 3.63) is 57.3 Å². The number of hydrogen-bond donors (Lipinski definition) is 1. The minimum atomic E-state index is 0.105. The Morgan fingerprint density at radius 3 is 2.85 bits per heavy atom. The third-order valence-electron chi connectivity index (χ3n) is 3.19. The summed E-state index contributed by atoms with van der Waals surface area (Å²) in [4.78, 5) is 4.02. The minimum absolute atomic E-state index is 0.105. The van der Waals surface area contributed by atoms with E-state index in [4.69, 9.17) is 16.3 Å². The smallest absolute Gasteiger partial charge is 0.122 e. The molecule has 20 heavy (non-hydrogen) atoms. The summed E-state index contributed by atoms with van der Waals surface area (Å²) in [6.45, 7) is 0. The number of methoxy groups -OCH3 is 1. The van der Waals surface area contributed by atoms with Crippen LogP contribution in [0.25, 0.3) is 0 Å². The van der Waals surface area contributed by atoms with Crippen molar-refractivity contribution in [2.45, 2.75) is 12.5 Å². The molecule has 0 bridgehead atoms. The van der Waals surface area contributed by atoms with Crippen LogP contribution in [0.4, 0.5) is 0 Å². The average molecular weight is 356 g/mol. The molecule has 0 aliphatic carbocycles. The monoisotopic (exact) mass is 354 g/mol. The van der Waals surface area contributed by atoms with Crippen molar-refractivity contribution < 1.29 is 4.74 Å². The number of rotatable bonds is 5. The summed E-state index contributed by atoms with van der Waals surface area (Å²) in [5.41, 5.74) is 2.15. The van der Waals surface area contributed by atoms with Gasteiger partial charge < -0.3 is 10.1 Å². The summed E-state index contributed by atoms with van der Waals surface area (Å²) in [6, 6.07) is 8.04. The van der Waals surface area contributed by atoms with Crippen molar-refractivity contribution in [3.8, 4) is 5.75 Å². The fourth-order valence-corrected chi connectivity index (χ4v) is 2.82. The van der Waals surface area contributed by atoms with Crippen molar-refractivity contribution in [3.63, 3.8) is 0 Å². The van der Waals surface area contributed by atoms with Crippen LogP contribution in [-0.4, -0.2) is 19.1 Å². The first-order chi connectivity index (χ1) is 9.65. The molecule has 0 spiro atoms. The molecule has 0 saturated carbocycles. The summed E-state index contributed by atoms with van der Waals surface area (Å²) in [5.74, 6) is 0.874. The number of pyridine rings is 1. The lowest BCUT2D eigenvalue weighted by Crippen LogP contribution is -2.19. The van der Waals surface area contributed by atoms with Gasteiger partial charge in [-0.25, -0.2) is 0 Å². The van der Waals surface area contributed by atoms with Crippen LogP contribution in [-0.2, 0) is 6.42 Å². The first kappa shape index (κ1) is 15.3. The van der Waals surface area contributed by atoms with Crippen molar-refractivity contribution in [2.24, 2.45) is 0 Å². The van der Waals surface area contributed by atoms with Gasteiger partial charge >= 0.3 is 0 Å². The maximum absolute atomic E-state index is 6.23. The predicted octanol–water partition coefficient (Wildman–Crippen LogP) is 4.01. The van der Waals surface area contributed by atoms with Gasteiger partial charge in [-0.05, 0) is 48.9 Å². The van der Waals surface area contributed by atoms with E-state index in [9.17, 15) is 0 Å². The fraction of sp³-hybridized carbons (Fsp3) is 0.267. The minimum Gasteiger partial charge on any atom is -0.496 e. The van der Waals surface area contributed by atoms with E-state index in [2.05, 4.69) is 32.3 Å². The largest absolute Gasteiger partial charge is 0.496 e. The molecule has 106 valence electrons. The molecular weight excluding hydrogens is 340 g/mol. The topological polar surface area (TPSA) is 34.1 Å². The molecule has 0 aliphatic rings. The Kier molecular flexibility index (Phi) is 5.40. The van der Waals surface area contributed by atoms with E-state index in [0.717, 1.165) is 27.8 Å². The van der Waals surface area contributed by atoms with Crippen LogP contribution in [0.1, 0.15) is 17.2 Å². The maximum Gasteiger partial charge on any atom is 0.122 e. The van der Waals surface area contributed by atoms with Crippen molar-refractivity contribution >= 4 is 27.5 Å². The van der Waals surface area contributed by atoms with Gasteiger partial charge in [0.25, 0.3) is 0 Å². The number of hydrogen-bond acceptors (Lipinski definition) is 3. The molecule has 3 nitrogen and oxygen atoms in total. The Bertz CT molecular complexity index is 592. The van der Waals surface area contributed by atoms with Gasteiger partial charge in [-0.2, -0.15) is 0 Å². The fourth-order valence-electron chi connectivity index (χ4n) is 2.16. The summed E-state index contributed by atoms with van der Waals surface area (Å²) in [7, 11) is 3.60. The highest BCUT2D eigenvalue weighted by Crippen LogP contribution is 2.30. The Morgan fingerprint density at radius 2 is 2.20 bits per heavy atom. The lowest BCUT2D eigenvalue weighted by atomic mass is 9.99. The summed E-state index contributed by atoms with van der Waals surface area (Å²) in [5, 5.41) is 3.96. The highest BCUT2D eigenvalue weighted by atomic mass is 79.9. The molecule has 2 rings (SSSR count). The van der Waals surface area contributed by atoms with E-state index >= 15 is 0 Å². The molecule has 0 fully saturated rings. The highest BCUT2D eigenvalue weighted by molar-refractivity contribution is 9.10. The second-order valence-electron chi connectivity index (χ2n) is 4.40. The number of nitrogens with zero attached hydrogens (tertiary/aromatic N) is 1. The Labute approximate surface area is 132 Å². The Morgan fingerprint density at radius 1 is 1.40 bits per heavy atom. The SMILES string of the molecule is CNC(Cc1cc(Br)ccc1OC)c1ccncc1Cl. The lowest BCUT2D eigenvalue weighted by Gasteiger charge is -2.19. The third-order valence-corrected chi connectivity index (χ3v) is 4.00. The average Bonchev–Trinajstić information content (AvgIpc) is 2.46. The van der Waals surface area contributed by atoms with Gasteiger partial charge in [-0.15, -0.1) is 0 Å². The van der Waals surface area contributed by atoms with Crippen molar-refractivity contribution in [1.82, 2.24) is 10.3 Å². The third kappa shape index (κ3) is 3.51. The lowest BCUT2D eigenvalue weighted by molar-refractivity contribution is 0.406. The Balaban J connectivity index is 2.31. The molecule has 1 unspecified atom stereocenters. The number of likely N-dealkylation sites (N-methyl/N-ethyl adjacent to an activating group) is 1. The molecule has 0 radical (unpaired) electrons. The van der Waals surface area contributed by atoms with Crippen LogP contribution in [0.5, 0.6) is 5.75 Å².